The number of nitrogens with one attached hydrogen (secondary N) is 1. The van der Waals surface area contributed by atoms with Crippen LogP contribution in [0.1, 0.15) is 34.5 Å². The molecule has 3 aromatic rings. The number of pyridine rings is 1. The molecule has 1 atom stereocenters. The van der Waals surface area contributed by atoms with Gasteiger partial charge in [-0.1, -0.05) is 30.3 Å². The van der Waals surface area contributed by atoms with Crippen molar-refractivity contribution >= 4 is 11.6 Å². The van der Waals surface area contributed by atoms with Gasteiger partial charge in [0.15, 0.2) is 0 Å². The van der Waals surface area contributed by atoms with Crippen molar-refractivity contribution in [2.75, 3.05) is 12.4 Å². The smallest absolute Gasteiger partial charge is 0.255 e. The average Bonchev–Trinajstić information content (AvgIpc) is 2.68. The van der Waals surface area contributed by atoms with Gasteiger partial charge < -0.3 is 10.1 Å². The van der Waals surface area contributed by atoms with Gasteiger partial charge in [-0.3, -0.25) is 9.78 Å². The minimum absolute atomic E-state index is 0.0268. The Kier molecular flexibility index (Phi) is 5.44. The number of amides is 1. The molecule has 2 aromatic carbocycles. The minimum atomic E-state index is -0.137. The van der Waals surface area contributed by atoms with Gasteiger partial charge in [0.25, 0.3) is 5.91 Å². The van der Waals surface area contributed by atoms with Crippen molar-refractivity contribution in [3.05, 3.63) is 83.6 Å². The second-order valence-corrected chi connectivity index (χ2v) is 6.15. The Bertz CT molecular complexity index is 907. The number of rotatable bonds is 5. The van der Waals surface area contributed by atoms with Gasteiger partial charge in [0.05, 0.1) is 11.8 Å². The molecular formula is C22H22N2O2. The normalized spacial score (nSPS) is 11.8. The van der Waals surface area contributed by atoms with E-state index >= 15 is 0 Å². The van der Waals surface area contributed by atoms with Crippen LogP contribution >= 0.6 is 0 Å². The largest absolute Gasteiger partial charge is 0.377 e. The Morgan fingerprint density at radius 3 is 2.62 bits per heavy atom. The molecule has 0 aliphatic heterocycles. The predicted molar refractivity (Wildman–Crippen MR) is 104 cm³/mol. The van der Waals surface area contributed by atoms with Crippen molar-refractivity contribution in [1.82, 2.24) is 4.98 Å². The summed E-state index contributed by atoms with van der Waals surface area (Å²) in [6, 6.07) is 19.2. The number of aromatic nitrogens is 1. The molecule has 0 saturated heterocycles. The number of anilines is 1. The number of hydrogen-bond donors (Lipinski definition) is 1. The molecular weight excluding hydrogens is 324 g/mol. The highest BCUT2D eigenvalue weighted by Crippen LogP contribution is 2.25. The second-order valence-electron chi connectivity index (χ2n) is 6.15. The van der Waals surface area contributed by atoms with E-state index in [1.807, 2.05) is 74.5 Å². The van der Waals surface area contributed by atoms with Crippen LogP contribution in [0.2, 0.25) is 0 Å². The summed E-state index contributed by atoms with van der Waals surface area (Å²) in [7, 11) is 1.67. The maximum absolute atomic E-state index is 12.8. The lowest BCUT2D eigenvalue weighted by molar-refractivity contribution is 0.102. The SMILES string of the molecule is CO[C@H](C)c1cccc(NC(=O)c2cccc(-c3ccccn3)c2C)c1. The highest BCUT2D eigenvalue weighted by atomic mass is 16.5. The third-order valence-electron chi connectivity index (χ3n) is 4.49. The first-order chi connectivity index (χ1) is 12.6. The van der Waals surface area contributed by atoms with E-state index in [2.05, 4.69) is 10.3 Å². The highest BCUT2D eigenvalue weighted by Gasteiger charge is 2.14. The maximum Gasteiger partial charge on any atom is 0.255 e. The monoisotopic (exact) mass is 346 g/mol. The van der Waals surface area contributed by atoms with Gasteiger partial charge in [0.1, 0.15) is 0 Å². The first-order valence-electron chi connectivity index (χ1n) is 8.55. The number of nitrogens with zero attached hydrogens (tertiary/aromatic N) is 1. The Hall–Kier alpha value is -2.98. The van der Waals surface area contributed by atoms with E-state index in [9.17, 15) is 4.79 Å². The summed E-state index contributed by atoms with van der Waals surface area (Å²) in [5.74, 6) is -0.137. The lowest BCUT2D eigenvalue weighted by atomic mass is 9.99. The number of hydrogen-bond acceptors (Lipinski definition) is 3. The Morgan fingerprint density at radius 2 is 1.88 bits per heavy atom. The first-order valence-corrected chi connectivity index (χ1v) is 8.55. The predicted octanol–water partition coefficient (Wildman–Crippen LogP) is 5.02. The lowest BCUT2D eigenvalue weighted by Crippen LogP contribution is -2.14. The molecule has 26 heavy (non-hydrogen) atoms. The van der Waals surface area contributed by atoms with E-state index in [4.69, 9.17) is 4.74 Å². The number of methoxy groups -OCH3 is 1. The van der Waals surface area contributed by atoms with Gasteiger partial charge >= 0.3 is 0 Å². The molecule has 1 N–H and O–H groups in total. The van der Waals surface area contributed by atoms with E-state index in [-0.39, 0.29) is 12.0 Å². The van der Waals surface area contributed by atoms with Crippen molar-refractivity contribution in [3.63, 3.8) is 0 Å². The fourth-order valence-electron chi connectivity index (χ4n) is 2.88. The molecule has 0 bridgehead atoms. The fourth-order valence-corrected chi connectivity index (χ4v) is 2.88. The van der Waals surface area contributed by atoms with Crippen molar-refractivity contribution < 1.29 is 9.53 Å². The first kappa shape index (κ1) is 17.8. The van der Waals surface area contributed by atoms with Crippen LogP contribution in [0.15, 0.2) is 66.9 Å². The zero-order chi connectivity index (χ0) is 18.5. The van der Waals surface area contributed by atoms with Crippen LogP contribution in [0.3, 0.4) is 0 Å². The molecule has 132 valence electrons. The molecule has 0 unspecified atom stereocenters. The summed E-state index contributed by atoms with van der Waals surface area (Å²) in [4.78, 5) is 17.2. The van der Waals surface area contributed by atoms with E-state index < -0.39 is 0 Å². The molecule has 0 aliphatic carbocycles. The van der Waals surface area contributed by atoms with Crippen molar-refractivity contribution in [2.45, 2.75) is 20.0 Å². The average molecular weight is 346 g/mol. The second kappa shape index (κ2) is 7.93. The highest BCUT2D eigenvalue weighted by molar-refractivity contribution is 6.06. The third kappa shape index (κ3) is 3.81. The number of ether oxygens (including phenoxy) is 1. The van der Waals surface area contributed by atoms with Crippen LogP contribution in [0.25, 0.3) is 11.3 Å². The number of carbonyl (C=O) groups is 1. The summed E-state index contributed by atoms with van der Waals surface area (Å²) >= 11 is 0. The van der Waals surface area contributed by atoms with Crippen LogP contribution in [0.4, 0.5) is 5.69 Å². The molecule has 4 heteroatoms. The van der Waals surface area contributed by atoms with Gasteiger partial charge in [0.2, 0.25) is 0 Å². The fraction of sp³-hybridized carbons (Fsp3) is 0.182. The summed E-state index contributed by atoms with van der Waals surface area (Å²) in [6.07, 6.45) is 1.73. The molecule has 0 fully saturated rings. The van der Waals surface area contributed by atoms with Crippen LogP contribution in [0, 0.1) is 6.92 Å². The van der Waals surface area contributed by atoms with Gasteiger partial charge in [-0.15, -0.1) is 0 Å². The minimum Gasteiger partial charge on any atom is -0.377 e. The standard InChI is InChI=1S/C22H22N2O2/c1-15-19(21-12-4-5-13-23-21)10-7-11-20(15)22(25)24-18-9-6-8-17(14-18)16(2)26-3/h4-14,16H,1-3H3,(H,24,25)/t16-/m1/s1. The number of benzene rings is 2. The Morgan fingerprint density at radius 1 is 1.08 bits per heavy atom. The maximum atomic E-state index is 12.8. The lowest BCUT2D eigenvalue weighted by Gasteiger charge is -2.14. The van der Waals surface area contributed by atoms with E-state index in [1.165, 1.54) is 0 Å². The van der Waals surface area contributed by atoms with Crippen LogP contribution in [-0.4, -0.2) is 18.0 Å². The van der Waals surface area contributed by atoms with E-state index in [1.54, 1.807) is 13.3 Å². The van der Waals surface area contributed by atoms with Crippen molar-refractivity contribution in [2.24, 2.45) is 0 Å². The van der Waals surface area contributed by atoms with Gasteiger partial charge in [0, 0.05) is 30.1 Å². The van der Waals surface area contributed by atoms with Crippen molar-refractivity contribution in [1.29, 1.82) is 0 Å². The van der Waals surface area contributed by atoms with Crippen molar-refractivity contribution in [3.8, 4) is 11.3 Å². The zero-order valence-electron chi connectivity index (χ0n) is 15.2. The zero-order valence-corrected chi connectivity index (χ0v) is 15.2. The third-order valence-corrected chi connectivity index (χ3v) is 4.49. The molecule has 3 rings (SSSR count). The summed E-state index contributed by atoms with van der Waals surface area (Å²) in [6.45, 7) is 3.92. The van der Waals surface area contributed by atoms with E-state index in [0.29, 0.717) is 5.56 Å². The van der Waals surface area contributed by atoms with Gasteiger partial charge in [-0.25, -0.2) is 0 Å². The molecule has 4 nitrogen and oxygen atoms in total. The van der Waals surface area contributed by atoms with E-state index in [0.717, 1.165) is 28.1 Å². The molecule has 1 heterocycles. The molecule has 0 aliphatic rings. The van der Waals surface area contributed by atoms with Crippen LogP contribution in [0.5, 0.6) is 0 Å². The molecule has 1 aromatic heterocycles. The van der Waals surface area contributed by atoms with Crippen LogP contribution in [-0.2, 0) is 4.74 Å². The molecule has 0 radical (unpaired) electrons. The topological polar surface area (TPSA) is 51.2 Å². The van der Waals surface area contributed by atoms with Crippen LogP contribution < -0.4 is 5.32 Å². The Labute approximate surface area is 153 Å². The summed E-state index contributed by atoms with van der Waals surface area (Å²) in [5, 5.41) is 2.98. The molecule has 0 spiro atoms. The number of carbonyl (C=O) groups excluding carboxylic acids is 1. The van der Waals surface area contributed by atoms with Gasteiger partial charge in [-0.05, 0) is 55.3 Å². The molecule has 1 amide bonds. The van der Waals surface area contributed by atoms with Gasteiger partial charge in [-0.2, -0.15) is 0 Å². The quantitative estimate of drug-likeness (QED) is 0.706. The summed E-state index contributed by atoms with van der Waals surface area (Å²) < 4.78 is 5.35. The summed E-state index contributed by atoms with van der Waals surface area (Å²) in [5.41, 5.74) is 5.13. The Balaban J connectivity index is 1.87. The molecule has 0 saturated carbocycles.